The number of hydrogen-bond donors (Lipinski definition) is 2. The lowest BCUT2D eigenvalue weighted by Crippen LogP contribution is -2.10. The molecule has 0 aliphatic heterocycles. The van der Waals surface area contributed by atoms with Crippen molar-refractivity contribution in [2.24, 2.45) is 12.8 Å². The molecule has 0 bridgehead atoms. The maximum Gasteiger partial charge on any atom is 0.217 e. The molecule has 0 saturated carbocycles. The molecule has 2 rings (SSSR count). The average Bonchev–Trinajstić information content (AvgIpc) is 2.60. The predicted octanol–water partition coefficient (Wildman–Crippen LogP) is 2.57. The third-order valence-electron chi connectivity index (χ3n) is 2.42. The van der Waals surface area contributed by atoms with Gasteiger partial charge in [-0.15, -0.1) is 0 Å². The van der Waals surface area contributed by atoms with E-state index in [1.807, 2.05) is 20.0 Å². The van der Waals surface area contributed by atoms with Crippen molar-refractivity contribution >= 4 is 21.8 Å². The van der Waals surface area contributed by atoms with E-state index in [0.29, 0.717) is 17.2 Å². The van der Waals surface area contributed by atoms with Crippen molar-refractivity contribution in [2.45, 2.75) is 6.92 Å². The van der Waals surface area contributed by atoms with Crippen LogP contribution in [-0.2, 0) is 7.05 Å². The van der Waals surface area contributed by atoms with Crippen molar-refractivity contribution in [3.8, 4) is 11.6 Å². The molecular formula is C12H13BrN4O. The van der Waals surface area contributed by atoms with E-state index in [0.717, 1.165) is 10.2 Å². The van der Waals surface area contributed by atoms with Gasteiger partial charge in [-0.1, -0.05) is 0 Å². The number of benzene rings is 1. The molecule has 0 spiro atoms. The number of aryl methyl sites for hydroxylation is 2. The zero-order valence-electron chi connectivity index (χ0n) is 10.1. The molecule has 0 atom stereocenters. The Bertz CT molecular complexity index is 606. The normalized spacial score (nSPS) is 10.4. The molecule has 0 aliphatic rings. The van der Waals surface area contributed by atoms with E-state index in [4.69, 9.17) is 15.9 Å². The van der Waals surface area contributed by atoms with Crippen LogP contribution in [0.4, 0.5) is 0 Å². The number of nitrogens with one attached hydrogen (secondary N) is 1. The van der Waals surface area contributed by atoms with Gasteiger partial charge in [0.25, 0.3) is 0 Å². The summed E-state index contributed by atoms with van der Waals surface area (Å²) < 4.78 is 8.15. The molecule has 0 radical (unpaired) electrons. The van der Waals surface area contributed by atoms with E-state index >= 15 is 0 Å². The van der Waals surface area contributed by atoms with Crippen LogP contribution in [0.1, 0.15) is 11.3 Å². The molecule has 0 aliphatic carbocycles. The van der Waals surface area contributed by atoms with Gasteiger partial charge in [0.2, 0.25) is 5.88 Å². The number of hydrogen-bond acceptors (Lipinski definition) is 3. The number of halogens is 1. The molecule has 94 valence electrons. The monoisotopic (exact) mass is 308 g/mol. The molecule has 1 aromatic heterocycles. The lowest BCUT2D eigenvalue weighted by Gasteiger charge is -2.08. The summed E-state index contributed by atoms with van der Waals surface area (Å²) in [5, 5.41) is 11.6. The highest BCUT2D eigenvalue weighted by atomic mass is 79.9. The Morgan fingerprint density at radius 1 is 1.44 bits per heavy atom. The number of ether oxygens (including phenoxy) is 1. The van der Waals surface area contributed by atoms with Crippen molar-refractivity contribution < 1.29 is 4.74 Å². The Kier molecular flexibility index (Phi) is 3.38. The van der Waals surface area contributed by atoms with Gasteiger partial charge in [-0.05, 0) is 41.1 Å². The molecule has 1 heterocycles. The second-order valence-corrected chi connectivity index (χ2v) is 4.76. The van der Waals surface area contributed by atoms with Gasteiger partial charge in [-0.3, -0.25) is 5.41 Å². The van der Waals surface area contributed by atoms with E-state index < -0.39 is 0 Å². The standard InChI is InChI=1S/C12H13BrN4O/c1-7-5-11(17(2)16-7)18-10-4-3-8(12(14)15)6-9(10)13/h3-6H,1-2H3,(H3,14,15). The predicted molar refractivity (Wildman–Crippen MR) is 73.2 cm³/mol. The van der Waals surface area contributed by atoms with E-state index in [2.05, 4.69) is 21.0 Å². The maximum absolute atomic E-state index is 7.36. The van der Waals surface area contributed by atoms with Crippen LogP contribution in [0.15, 0.2) is 28.7 Å². The lowest BCUT2D eigenvalue weighted by atomic mass is 10.2. The number of rotatable bonds is 3. The van der Waals surface area contributed by atoms with Gasteiger partial charge in [0.1, 0.15) is 11.6 Å². The quantitative estimate of drug-likeness (QED) is 0.676. The van der Waals surface area contributed by atoms with Gasteiger partial charge < -0.3 is 10.5 Å². The second-order valence-electron chi connectivity index (χ2n) is 3.91. The SMILES string of the molecule is Cc1cc(Oc2ccc(C(=N)N)cc2Br)n(C)n1. The Morgan fingerprint density at radius 2 is 2.17 bits per heavy atom. The Morgan fingerprint density at radius 3 is 2.67 bits per heavy atom. The maximum atomic E-state index is 7.36. The number of nitrogens with zero attached hydrogens (tertiary/aromatic N) is 2. The summed E-state index contributed by atoms with van der Waals surface area (Å²) in [7, 11) is 1.82. The van der Waals surface area contributed by atoms with Crippen LogP contribution in [0.2, 0.25) is 0 Å². The molecule has 6 heteroatoms. The van der Waals surface area contributed by atoms with Gasteiger partial charge >= 0.3 is 0 Å². The Hall–Kier alpha value is -1.82. The highest BCUT2D eigenvalue weighted by Gasteiger charge is 2.09. The van der Waals surface area contributed by atoms with Crippen LogP contribution in [-0.4, -0.2) is 15.6 Å². The summed E-state index contributed by atoms with van der Waals surface area (Å²) in [5.74, 6) is 1.34. The number of aromatic nitrogens is 2. The first-order valence-electron chi connectivity index (χ1n) is 5.30. The van der Waals surface area contributed by atoms with Crippen molar-refractivity contribution in [1.82, 2.24) is 9.78 Å². The van der Waals surface area contributed by atoms with Gasteiger partial charge in [0.05, 0.1) is 10.2 Å². The third kappa shape index (κ3) is 2.53. The second kappa shape index (κ2) is 4.81. The fraction of sp³-hybridized carbons (Fsp3) is 0.167. The van der Waals surface area contributed by atoms with Gasteiger partial charge in [-0.2, -0.15) is 5.10 Å². The molecule has 2 aromatic rings. The van der Waals surface area contributed by atoms with Crippen molar-refractivity contribution in [1.29, 1.82) is 5.41 Å². The zero-order valence-corrected chi connectivity index (χ0v) is 11.7. The Labute approximate surface area is 113 Å². The summed E-state index contributed by atoms with van der Waals surface area (Å²) >= 11 is 3.40. The van der Waals surface area contributed by atoms with Crippen LogP contribution in [0.5, 0.6) is 11.6 Å². The Balaban J connectivity index is 2.30. The van der Waals surface area contributed by atoms with Crippen LogP contribution in [0.25, 0.3) is 0 Å². The zero-order chi connectivity index (χ0) is 13.3. The van der Waals surface area contributed by atoms with Crippen LogP contribution < -0.4 is 10.5 Å². The molecule has 0 amide bonds. The van der Waals surface area contributed by atoms with Crippen LogP contribution in [0, 0.1) is 12.3 Å². The average molecular weight is 309 g/mol. The minimum absolute atomic E-state index is 0.0265. The van der Waals surface area contributed by atoms with E-state index in [-0.39, 0.29) is 5.84 Å². The number of amidine groups is 1. The van der Waals surface area contributed by atoms with E-state index in [1.165, 1.54) is 0 Å². The summed E-state index contributed by atoms with van der Waals surface area (Å²) in [5.41, 5.74) is 6.96. The molecule has 3 N–H and O–H groups in total. The van der Waals surface area contributed by atoms with E-state index in [1.54, 1.807) is 22.9 Å². The fourth-order valence-electron chi connectivity index (χ4n) is 1.55. The van der Waals surface area contributed by atoms with Crippen molar-refractivity contribution in [3.63, 3.8) is 0 Å². The van der Waals surface area contributed by atoms with Gasteiger partial charge in [0.15, 0.2) is 0 Å². The summed E-state index contributed by atoms with van der Waals surface area (Å²) in [6, 6.07) is 7.11. The highest BCUT2D eigenvalue weighted by molar-refractivity contribution is 9.10. The minimum Gasteiger partial charge on any atom is -0.438 e. The smallest absolute Gasteiger partial charge is 0.217 e. The fourth-order valence-corrected chi connectivity index (χ4v) is 2.01. The molecule has 0 unspecified atom stereocenters. The van der Waals surface area contributed by atoms with Gasteiger partial charge in [0, 0.05) is 18.7 Å². The first kappa shape index (κ1) is 12.6. The van der Waals surface area contributed by atoms with E-state index in [9.17, 15) is 0 Å². The van der Waals surface area contributed by atoms with Crippen LogP contribution >= 0.6 is 15.9 Å². The third-order valence-corrected chi connectivity index (χ3v) is 3.04. The lowest BCUT2D eigenvalue weighted by molar-refractivity contribution is 0.428. The largest absolute Gasteiger partial charge is 0.438 e. The first-order chi connectivity index (χ1) is 8.47. The molecular weight excluding hydrogens is 296 g/mol. The number of nitrogen functional groups attached to an aromatic ring is 1. The summed E-state index contributed by atoms with van der Waals surface area (Å²) in [4.78, 5) is 0. The minimum atomic E-state index is 0.0265. The van der Waals surface area contributed by atoms with Gasteiger partial charge in [-0.25, -0.2) is 4.68 Å². The molecule has 1 aromatic carbocycles. The topological polar surface area (TPSA) is 76.9 Å². The van der Waals surface area contributed by atoms with Crippen molar-refractivity contribution in [2.75, 3.05) is 0 Å². The first-order valence-corrected chi connectivity index (χ1v) is 6.09. The van der Waals surface area contributed by atoms with Crippen molar-refractivity contribution in [3.05, 3.63) is 40.0 Å². The summed E-state index contributed by atoms with van der Waals surface area (Å²) in [6.07, 6.45) is 0. The molecule has 0 fully saturated rings. The molecule has 0 saturated heterocycles. The number of nitrogens with two attached hydrogens (primary N) is 1. The molecule has 5 nitrogen and oxygen atoms in total. The van der Waals surface area contributed by atoms with Crippen LogP contribution in [0.3, 0.4) is 0 Å². The summed E-state index contributed by atoms with van der Waals surface area (Å²) in [6.45, 7) is 1.90. The highest BCUT2D eigenvalue weighted by Crippen LogP contribution is 2.30. The molecule has 18 heavy (non-hydrogen) atoms.